The maximum Gasteiger partial charge on any atom is 0.332 e. The fraction of sp³-hybridized carbons (Fsp3) is 0.545. The van der Waals surface area contributed by atoms with Gasteiger partial charge in [-0.3, -0.25) is 15.0 Å². The first kappa shape index (κ1) is 15.0. The molecule has 2 rings (SSSR count). The Morgan fingerprint density at radius 1 is 1.55 bits per heavy atom. The highest BCUT2D eigenvalue weighted by Crippen LogP contribution is 2.28. The van der Waals surface area contributed by atoms with E-state index < -0.39 is 10.8 Å². The largest absolute Gasteiger partial charge is 0.473 e. The van der Waals surface area contributed by atoms with E-state index in [1.165, 1.54) is 12.3 Å². The topological polar surface area (TPSA) is 68.5 Å². The van der Waals surface area contributed by atoms with Crippen molar-refractivity contribution < 1.29 is 18.4 Å². The van der Waals surface area contributed by atoms with Crippen LogP contribution in [-0.4, -0.2) is 47.0 Å². The summed E-state index contributed by atoms with van der Waals surface area (Å²) in [5, 5.41) is 10.8. The van der Waals surface area contributed by atoms with E-state index in [1.54, 1.807) is 4.90 Å². The molecule has 0 unspecified atom stereocenters. The van der Waals surface area contributed by atoms with Gasteiger partial charge in [-0.2, -0.15) is 0 Å². The molecule has 2 heterocycles. The summed E-state index contributed by atoms with van der Waals surface area (Å²) in [7, 11) is 0. The van der Waals surface area contributed by atoms with E-state index in [0.717, 1.165) is 0 Å². The second kappa shape index (κ2) is 5.96. The van der Waals surface area contributed by atoms with Crippen LogP contribution in [0.1, 0.15) is 6.42 Å². The van der Waals surface area contributed by atoms with Crippen LogP contribution in [0.15, 0.2) is 16.7 Å². The van der Waals surface area contributed by atoms with Crippen LogP contribution in [0.2, 0.25) is 0 Å². The van der Waals surface area contributed by atoms with Gasteiger partial charge in [0.2, 0.25) is 0 Å². The number of aromatic nitrogens is 1. The maximum atomic E-state index is 12.6. The van der Waals surface area contributed by atoms with Crippen molar-refractivity contribution in [1.29, 1.82) is 0 Å². The minimum Gasteiger partial charge on any atom is -0.473 e. The summed E-state index contributed by atoms with van der Waals surface area (Å²) >= 11 is 3.09. The zero-order valence-corrected chi connectivity index (χ0v) is 12.0. The second-order valence-corrected chi connectivity index (χ2v) is 5.42. The quantitative estimate of drug-likeness (QED) is 0.447. The minimum absolute atomic E-state index is 0.0628. The molecule has 0 radical (unpaired) electrons. The molecule has 1 aliphatic rings. The molecule has 1 aromatic heterocycles. The van der Waals surface area contributed by atoms with Gasteiger partial charge in [0.1, 0.15) is 0 Å². The predicted molar refractivity (Wildman–Crippen MR) is 70.1 cm³/mol. The van der Waals surface area contributed by atoms with Gasteiger partial charge in [-0.15, -0.1) is 0 Å². The van der Waals surface area contributed by atoms with Crippen LogP contribution < -0.4 is 4.74 Å². The van der Waals surface area contributed by atoms with Crippen LogP contribution in [0, 0.1) is 10.1 Å². The molecule has 1 saturated heterocycles. The molecule has 0 amide bonds. The summed E-state index contributed by atoms with van der Waals surface area (Å²) < 4.78 is 30.9. The van der Waals surface area contributed by atoms with Crippen LogP contribution in [-0.2, 0) is 0 Å². The van der Waals surface area contributed by atoms with E-state index >= 15 is 0 Å². The molecule has 0 aliphatic carbocycles. The van der Waals surface area contributed by atoms with Crippen molar-refractivity contribution >= 4 is 21.6 Å². The Balaban J connectivity index is 1.78. The third-order valence-electron chi connectivity index (χ3n) is 2.76. The molecule has 110 valence electrons. The molecule has 0 bridgehead atoms. The Labute approximate surface area is 122 Å². The van der Waals surface area contributed by atoms with Crippen molar-refractivity contribution in [1.82, 2.24) is 9.88 Å². The van der Waals surface area contributed by atoms with Gasteiger partial charge < -0.3 is 4.74 Å². The van der Waals surface area contributed by atoms with Gasteiger partial charge in [0, 0.05) is 23.3 Å². The molecule has 0 saturated carbocycles. The number of halogens is 3. The lowest BCUT2D eigenvalue weighted by atomic mass is 10.1. The Kier molecular flexibility index (Phi) is 4.48. The maximum absolute atomic E-state index is 12.6. The molecule has 0 aromatic carbocycles. The number of rotatable bonds is 6. The molecule has 0 N–H and O–H groups in total. The third kappa shape index (κ3) is 3.83. The van der Waals surface area contributed by atoms with Crippen LogP contribution >= 0.6 is 15.9 Å². The molecular weight excluding hydrogens is 340 g/mol. The number of likely N-dealkylation sites (tertiary alicyclic amines) is 1. The van der Waals surface area contributed by atoms with E-state index in [9.17, 15) is 18.9 Å². The van der Waals surface area contributed by atoms with E-state index in [2.05, 4.69) is 20.9 Å². The molecule has 9 heteroatoms. The first-order valence-corrected chi connectivity index (χ1v) is 6.70. The summed E-state index contributed by atoms with van der Waals surface area (Å²) in [5.74, 6) is -2.64. The van der Waals surface area contributed by atoms with Crippen LogP contribution in [0.25, 0.3) is 0 Å². The zero-order valence-electron chi connectivity index (χ0n) is 10.4. The number of nitro groups is 1. The number of hydrogen-bond acceptors (Lipinski definition) is 5. The number of alkyl halides is 2. The minimum atomic E-state index is -2.58. The molecule has 6 nitrogen and oxygen atoms in total. The van der Waals surface area contributed by atoms with Crippen molar-refractivity contribution in [2.45, 2.75) is 12.3 Å². The fourth-order valence-corrected chi connectivity index (χ4v) is 2.20. The summed E-state index contributed by atoms with van der Waals surface area (Å²) in [6.45, 7) is 0.199. The molecule has 1 aliphatic heterocycles. The van der Waals surface area contributed by atoms with E-state index in [1.807, 2.05) is 0 Å². The Hall–Kier alpha value is -1.35. The number of nitrogens with zero attached hydrogens (tertiary/aromatic N) is 3. The number of hydrogen-bond donors (Lipinski definition) is 0. The monoisotopic (exact) mass is 351 g/mol. The lowest BCUT2D eigenvalue weighted by molar-refractivity contribution is -0.386. The third-order valence-corrected chi connectivity index (χ3v) is 3.20. The molecule has 20 heavy (non-hydrogen) atoms. The Morgan fingerprint density at radius 3 is 2.85 bits per heavy atom. The lowest BCUT2D eigenvalue weighted by Crippen LogP contribution is -2.56. The van der Waals surface area contributed by atoms with E-state index in [0.29, 0.717) is 17.4 Å². The number of pyridine rings is 1. The van der Waals surface area contributed by atoms with E-state index in [-0.39, 0.29) is 31.3 Å². The highest BCUT2D eigenvalue weighted by Gasteiger charge is 2.43. The summed E-state index contributed by atoms with van der Waals surface area (Å²) in [6, 6.07) is 1.30. The smallest absolute Gasteiger partial charge is 0.332 e. The van der Waals surface area contributed by atoms with Gasteiger partial charge in [-0.05, 0) is 22.4 Å². The highest BCUT2D eigenvalue weighted by molar-refractivity contribution is 9.10. The standard InChI is InChI=1S/C11H12BrF2N3O3/c12-8-4-9(17(18)19)10(15-5-8)20-3-1-2-16-6-11(13,14)7-16/h4-5H,1-3,6-7H2. The van der Waals surface area contributed by atoms with Crippen LogP contribution in [0.5, 0.6) is 5.88 Å². The lowest BCUT2D eigenvalue weighted by Gasteiger charge is -2.38. The first-order chi connectivity index (χ1) is 9.37. The molecule has 1 fully saturated rings. The van der Waals surface area contributed by atoms with Crippen molar-refractivity contribution in [2.24, 2.45) is 0 Å². The van der Waals surface area contributed by atoms with Crippen LogP contribution in [0.4, 0.5) is 14.5 Å². The first-order valence-electron chi connectivity index (χ1n) is 5.90. The van der Waals surface area contributed by atoms with Gasteiger partial charge in [0.25, 0.3) is 11.8 Å². The molecule has 0 atom stereocenters. The SMILES string of the molecule is O=[N+]([O-])c1cc(Br)cnc1OCCCN1CC(F)(F)C1. The van der Waals surface area contributed by atoms with Crippen molar-refractivity contribution in [2.75, 3.05) is 26.2 Å². The van der Waals surface area contributed by atoms with Crippen molar-refractivity contribution in [3.63, 3.8) is 0 Å². The van der Waals surface area contributed by atoms with Crippen molar-refractivity contribution in [3.05, 3.63) is 26.9 Å². The molecular formula is C11H12BrF2N3O3. The van der Waals surface area contributed by atoms with Gasteiger partial charge in [0.05, 0.1) is 24.6 Å². The van der Waals surface area contributed by atoms with Gasteiger partial charge >= 0.3 is 5.69 Å². The van der Waals surface area contributed by atoms with Gasteiger partial charge in [-0.1, -0.05) is 0 Å². The number of ether oxygens (including phenoxy) is 1. The Bertz CT molecular complexity index is 508. The average Bonchev–Trinajstić information content (AvgIpc) is 2.33. The normalized spacial score (nSPS) is 17.6. The van der Waals surface area contributed by atoms with E-state index in [4.69, 9.17) is 4.74 Å². The fourth-order valence-electron chi connectivity index (χ4n) is 1.88. The summed E-state index contributed by atoms with van der Waals surface area (Å²) in [4.78, 5) is 15.7. The highest BCUT2D eigenvalue weighted by atomic mass is 79.9. The zero-order chi connectivity index (χ0) is 14.8. The Morgan fingerprint density at radius 2 is 2.25 bits per heavy atom. The average molecular weight is 352 g/mol. The summed E-state index contributed by atoms with van der Waals surface area (Å²) in [6.07, 6.45) is 1.91. The van der Waals surface area contributed by atoms with Crippen molar-refractivity contribution in [3.8, 4) is 5.88 Å². The molecule has 1 aromatic rings. The van der Waals surface area contributed by atoms with Gasteiger partial charge in [0.15, 0.2) is 0 Å². The van der Waals surface area contributed by atoms with Crippen LogP contribution in [0.3, 0.4) is 0 Å². The summed E-state index contributed by atoms with van der Waals surface area (Å²) in [5.41, 5.74) is -0.227. The molecule has 0 spiro atoms. The predicted octanol–water partition coefficient (Wildman–Crippen LogP) is 2.47. The van der Waals surface area contributed by atoms with Gasteiger partial charge in [-0.25, -0.2) is 13.8 Å². The second-order valence-electron chi connectivity index (χ2n) is 4.50.